The summed E-state index contributed by atoms with van der Waals surface area (Å²) in [6.45, 7) is 6.27. The number of hydrogen-bond acceptors (Lipinski definition) is 3. The topological polar surface area (TPSA) is 34.1 Å². The first-order chi connectivity index (χ1) is 10.0. The van der Waals surface area contributed by atoms with Gasteiger partial charge in [0.1, 0.15) is 11.5 Å². The summed E-state index contributed by atoms with van der Waals surface area (Å²) < 4.78 is 7.66. The molecule has 1 N–H and O–H groups in total. The SMILES string of the molecule is CC(C)CNCc1ccc(Oc2cncc(Br)c2)c(Br)c1. The van der Waals surface area contributed by atoms with Crippen molar-refractivity contribution >= 4 is 31.9 Å². The molecule has 1 aromatic heterocycles. The van der Waals surface area contributed by atoms with Crippen LogP contribution < -0.4 is 10.1 Å². The molecule has 1 aromatic carbocycles. The smallest absolute Gasteiger partial charge is 0.146 e. The monoisotopic (exact) mass is 412 g/mol. The Labute approximate surface area is 142 Å². The molecule has 0 aliphatic rings. The van der Waals surface area contributed by atoms with Crippen LogP contribution in [0.15, 0.2) is 45.6 Å². The molecule has 0 bridgehead atoms. The minimum absolute atomic E-state index is 0.653. The molecule has 21 heavy (non-hydrogen) atoms. The average Bonchev–Trinajstić information content (AvgIpc) is 2.41. The van der Waals surface area contributed by atoms with Gasteiger partial charge in [-0.25, -0.2) is 0 Å². The van der Waals surface area contributed by atoms with Gasteiger partial charge < -0.3 is 10.1 Å². The third-order valence-electron chi connectivity index (χ3n) is 2.79. The van der Waals surface area contributed by atoms with Crippen LogP contribution in [0.2, 0.25) is 0 Å². The van der Waals surface area contributed by atoms with E-state index in [-0.39, 0.29) is 0 Å². The molecule has 0 radical (unpaired) electrons. The van der Waals surface area contributed by atoms with Gasteiger partial charge in [0.05, 0.1) is 10.7 Å². The zero-order valence-corrected chi connectivity index (χ0v) is 15.2. The molecular formula is C16H18Br2N2O. The lowest BCUT2D eigenvalue weighted by molar-refractivity contribution is 0.476. The molecule has 0 saturated heterocycles. The van der Waals surface area contributed by atoms with Crippen molar-refractivity contribution in [3.63, 3.8) is 0 Å². The van der Waals surface area contributed by atoms with E-state index in [4.69, 9.17) is 4.74 Å². The van der Waals surface area contributed by atoms with Crippen molar-refractivity contribution in [1.82, 2.24) is 10.3 Å². The van der Waals surface area contributed by atoms with Crippen molar-refractivity contribution in [2.45, 2.75) is 20.4 Å². The van der Waals surface area contributed by atoms with Gasteiger partial charge >= 0.3 is 0 Å². The molecule has 1 heterocycles. The first-order valence-electron chi connectivity index (χ1n) is 6.82. The second-order valence-corrected chi connectivity index (χ2v) is 7.00. The summed E-state index contributed by atoms with van der Waals surface area (Å²) in [6, 6.07) is 8.00. The van der Waals surface area contributed by atoms with Gasteiger partial charge in [-0.2, -0.15) is 0 Å². The number of nitrogens with zero attached hydrogens (tertiary/aromatic N) is 1. The summed E-state index contributed by atoms with van der Waals surface area (Å²) in [5.74, 6) is 2.14. The molecule has 2 aromatic rings. The zero-order valence-electron chi connectivity index (χ0n) is 12.1. The standard InChI is InChI=1S/C16H18Br2N2O/c1-11(2)7-19-8-12-3-4-16(15(18)5-12)21-14-6-13(17)9-20-10-14/h3-6,9-11,19H,7-8H2,1-2H3. The van der Waals surface area contributed by atoms with Gasteiger partial charge in [-0.05, 0) is 68.1 Å². The highest BCUT2D eigenvalue weighted by molar-refractivity contribution is 9.10. The zero-order chi connectivity index (χ0) is 15.2. The molecular weight excluding hydrogens is 396 g/mol. The van der Waals surface area contributed by atoms with E-state index in [0.29, 0.717) is 11.7 Å². The molecule has 2 rings (SSSR count). The Morgan fingerprint density at radius 2 is 2.00 bits per heavy atom. The fourth-order valence-corrected chi connectivity index (χ4v) is 2.67. The quantitative estimate of drug-likeness (QED) is 0.711. The Hall–Kier alpha value is -0.910. The molecule has 3 nitrogen and oxygen atoms in total. The lowest BCUT2D eigenvalue weighted by Crippen LogP contribution is -2.18. The molecule has 5 heteroatoms. The Bertz CT molecular complexity index is 603. The summed E-state index contributed by atoms with van der Waals surface area (Å²) in [6.07, 6.45) is 3.42. The van der Waals surface area contributed by atoms with Crippen molar-refractivity contribution in [2.75, 3.05) is 6.54 Å². The summed E-state index contributed by atoms with van der Waals surface area (Å²) in [4.78, 5) is 4.09. The van der Waals surface area contributed by atoms with Crippen molar-refractivity contribution in [2.24, 2.45) is 5.92 Å². The van der Waals surface area contributed by atoms with Crippen LogP contribution in [0.5, 0.6) is 11.5 Å². The van der Waals surface area contributed by atoms with Crippen molar-refractivity contribution in [3.8, 4) is 11.5 Å². The summed E-state index contributed by atoms with van der Waals surface area (Å²) >= 11 is 6.94. The number of ether oxygens (including phenoxy) is 1. The van der Waals surface area contributed by atoms with Gasteiger partial charge in [0.2, 0.25) is 0 Å². The summed E-state index contributed by atoms with van der Waals surface area (Å²) in [7, 11) is 0. The van der Waals surface area contributed by atoms with E-state index in [9.17, 15) is 0 Å². The molecule has 0 saturated carbocycles. The number of halogens is 2. The highest BCUT2D eigenvalue weighted by Crippen LogP contribution is 2.31. The van der Waals surface area contributed by atoms with Crippen molar-refractivity contribution in [3.05, 3.63) is 51.2 Å². The molecule has 0 unspecified atom stereocenters. The van der Waals surface area contributed by atoms with Gasteiger partial charge in [-0.1, -0.05) is 19.9 Å². The summed E-state index contributed by atoms with van der Waals surface area (Å²) in [5.41, 5.74) is 1.22. The van der Waals surface area contributed by atoms with Gasteiger partial charge in [-0.3, -0.25) is 4.98 Å². The molecule has 0 atom stereocenters. The Balaban J connectivity index is 2.02. The first-order valence-corrected chi connectivity index (χ1v) is 8.40. The van der Waals surface area contributed by atoms with Crippen LogP contribution in [0.1, 0.15) is 19.4 Å². The van der Waals surface area contributed by atoms with Gasteiger partial charge in [0.25, 0.3) is 0 Å². The molecule has 0 fully saturated rings. The lowest BCUT2D eigenvalue weighted by atomic mass is 10.2. The van der Waals surface area contributed by atoms with E-state index in [1.807, 2.05) is 12.1 Å². The van der Waals surface area contributed by atoms with Crippen LogP contribution in [0.25, 0.3) is 0 Å². The van der Waals surface area contributed by atoms with Gasteiger partial charge in [0, 0.05) is 17.2 Å². The van der Waals surface area contributed by atoms with Crippen molar-refractivity contribution < 1.29 is 4.74 Å². The fourth-order valence-electron chi connectivity index (χ4n) is 1.82. The Morgan fingerprint density at radius 3 is 2.67 bits per heavy atom. The molecule has 112 valence electrons. The minimum atomic E-state index is 0.653. The maximum atomic E-state index is 5.83. The minimum Gasteiger partial charge on any atom is -0.455 e. The van der Waals surface area contributed by atoms with E-state index in [0.717, 1.165) is 27.8 Å². The normalized spacial score (nSPS) is 10.9. The van der Waals surface area contributed by atoms with E-state index >= 15 is 0 Å². The number of nitrogens with one attached hydrogen (secondary N) is 1. The predicted octanol–water partition coefficient (Wildman–Crippen LogP) is 5.14. The van der Waals surface area contributed by atoms with E-state index in [2.05, 4.69) is 68.1 Å². The van der Waals surface area contributed by atoms with Crippen LogP contribution in [-0.4, -0.2) is 11.5 Å². The Morgan fingerprint density at radius 1 is 1.19 bits per heavy atom. The van der Waals surface area contributed by atoms with Crippen molar-refractivity contribution in [1.29, 1.82) is 0 Å². The van der Waals surface area contributed by atoms with E-state index in [1.54, 1.807) is 12.4 Å². The average molecular weight is 414 g/mol. The van der Waals surface area contributed by atoms with Crippen LogP contribution in [-0.2, 0) is 6.54 Å². The van der Waals surface area contributed by atoms with Crippen LogP contribution >= 0.6 is 31.9 Å². The van der Waals surface area contributed by atoms with E-state index in [1.165, 1.54) is 5.56 Å². The largest absolute Gasteiger partial charge is 0.455 e. The predicted molar refractivity (Wildman–Crippen MR) is 92.7 cm³/mol. The van der Waals surface area contributed by atoms with Gasteiger partial charge in [-0.15, -0.1) is 0 Å². The number of hydrogen-bond donors (Lipinski definition) is 1. The third-order valence-corrected chi connectivity index (χ3v) is 3.84. The van der Waals surface area contributed by atoms with Crippen LogP contribution in [0.3, 0.4) is 0 Å². The maximum Gasteiger partial charge on any atom is 0.146 e. The number of pyridine rings is 1. The highest BCUT2D eigenvalue weighted by atomic mass is 79.9. The van der Waals surface area contributed by atoms with Crippen LogP contribution in [0, 0.1) is 5.92 Å². The third kappa shape index (κ3) is 5.41. The number of rotatable bonds is 6. The molecule has 0 aliphatic heterocycles. The van der Waals surface area contributed by atoms with E-state index < -0.39 is 0 Å². The lowest BCUT2D eigenvalue weighted by Gasteiger charge is -2.11. The Kier molecular flexibility index (Phi) is 6.21. The first kappa shape index (κ1) is 16.5. The highest BCUT2D eigenvalue weighted by Gasteiger charge is 2.05. The summed E-state index contributed by atoms with van der Waals surface area (Å²) in [5, 5.41) is 3.43. The second kappa shape index (κ2) is 7.92. The second-order valence-electron chi connectivity index (χ2n) is 5.23. The van der Waals surface area contributed by atoms with Crippen LogP contribution in [0.4, 0.5) is 0 Å². The molecule has 0 amide bonds. The molecule has 0 spiro atoms. The molecule has 0 aliphatic carbocycles. The number of aromatic nitrogens is 1. The maximum absolute atomic E-state index is 5.83. The number of benzene rings is 1. The fraction of sp³-hybridized carbons (Fsp3) is 0.312. The van der Waals surface area contributed by atoms with Gasteiger partial charge in [0.15, 0.2) is 0 Å².